The normalized spacial score (nSPS) is 13.0. The third kappa shape index (κ3) is 2.57. The minimum Gasteiger partial charge on any atom is -0.308 e. The van der Waals surface area contributed by atoms with Gasteiger partial charge in [-0.15, -0.1) is 0 Å². The number of nitriles is 1. The summed E-state index contributed by atoms with van der Waals surface area (Å²) >= 11 is 0. The van der Waals surface area contributed by atoms with Crippen molar-refractivity contribution in [2.24, 2.45) is 0 Å². The average molecular weight is 428 g/mol. The van der Waals surface area contributed by atoms with Crippen LogP contribution in [0.25, 0.3) is 38.6 Å². The number of aromatic nitrogens is 2. The number of imide groups is 1. The molecule has 5 aromatic rings. The molecule has 0 atom stereocenters. The number of fused-ring (bicyclic) bond motifs is 4. The van der Waals surface area contributed by atoms with E-state index in [0.717, 1.165) is 37.8 Å². The van der Waals surface area contributed by atoms with E-state index in [9.17, 15) is 14.9 Å². The van der Waals surface area contributed by atoms with Gasteiger partial charge >= 0.3 is 0 Å². The zero-order valence-electron chi connectivity index (χ0n) is 17.6. The Morgan fingerprint density at radius 3 is 2.52 bits per heavy atom. The van der Waals surface area contributed by atoms with Crippen molar-refractivity contribution in [1.82, 2.24) is 14.5 Å². The van der Waals surface area contributed by atoms with Crippen molar-refractivity contribution in [1.29, 1.82) is 5.26 Å². The number of carbonyl (C=O) groups is 2. The molecule has 3 heterocycles. The molecule has 156 valence electrons. The second kappa shape index (κ2) is 6.87. The van der Waals surface area contributed by atoms with E-state index in [1.165, 1.54) is 7.05 Å². The lowest BCUT2D eigenvalue weighted by Crippen LogP contribution is -2.24. The second-order valence-electron chi connectivity index (χ2n) is 7.99. The van der Waals surface area contributed by atoms with E-state index >= 15 is 0 Å². The fourth-order valence-corrected chi connectivity index (χ4v) is 4.69. The van der Waals surface area contributed by atoms with Crippen LogP contribution in [0.1, 0.15) is 26.3 Å². The minimum absolute atomic E-state index is 0.291. The van der Waals surface area contributed by atoms with Crippen LogP contribution in [0.5, 0.6) is 0 Å². The fraction of sp³-hybridized carbons (Fsp3) is 0.0370. The standard InChI is InChI=1S/C27H16N4O2/c1-30-26(32)19-6-4-8-24(25(19)27(30)33)31-22-7-3-2-5-18(22)20-13-16(9-10-23(20)31)21-15-29-12-11-17(21)14-28/h2-13,15H,1H3. The van der Waals surface area contributed by atoms with Crippen molar-refractivity contribution in [2.75, 3.05) is 7.05 Å². The van der Waals surface area contributed by atoms with Crippen LogP contribution in [0, 0.1) is 11.3 Å². The van der Waals surface area contributed by atoms with E-state index in [4.69, 9.17) is 0 Å². The number of rotatable bonds is 2. The van der Waals surface area contributed by atoms with Crippen molar-refractivity contribution in [3.63, 3.8) is 0 Å². The summed E-state index contributed by atoms with van der Waals surface area (Å²) in [4.78, 5) is 30.9. The highest BCUT2D eigenvalue weighted by molar-refractivity contribution is 6.23. The topological polar surface area (TPSA) is 79.0 Å². The van der Waals surface area contributed by atoms with Gasteiger partial charge < -0.3 is 4.57 Å². The highest BCUT2D eigenvalue weighted by Crippen LogP contribution is 2.37. The summed E-state index contributed by atoms with van der Waals surface area (Å²) in [5.74, 6) is -0.595. The van der Waals surface area contributed by atoms with E-state index < -0.39 is 0 Å². The molecule has 2 amide bonds. The van der Waals surface area contributed by atoms with Crippen molar-refractivity contribution < 1.29 is 9.59 Å². The largest absolute Gasteiger partial charge is 0.308 e. The molecule has 0 aliphatic carbocycles. The molecule has 0 spiro atoms. The number of para-hydroxylation sites is 1. The number of benzene rings is 3. The first-order chi connectivity index (χ1) is 16.1. The van der Waals surface area contributed by atoms with E-state index in [2.05, 4.69) is 11.1 Å². The highest BCUT2D eigenvalue weighted by atomic mass is 16.2. The Balaban J connectivity index is 1.69. The van der Waals surface area contributed by atoms with E-state index in [-0.39, 0.29) is 11.8 Å². The van der Waals surface area contributed by atoms with Crippen LogP contribution in [0.4, 0.5) is 0 Å². The number of amides is 2. The maximum atomic E-state index is 13.0. The summed E-state index contributed by atoms with van der Waals surface area (Å²) in [5.41, 5.74) is 5.55. The Labute approximate surface area is 188 Å². The maximum absolute atomic E-state index is 13.0. The quantitative estimate of drug-likeness (QED) is 0.373. The van der Waals surface area contributed by atoms with Gasteiger partial charge in [0.2, 0.25) is 0 Å². The number of pyridine rings is 1. The van der Waals surface area contributed by atoms with Crippen LogP contribution in [-0.2, 0) is 0 Å². The first kappa shape index (κ1) is 19.0. The first-order valence-corrected chi connectivity index (χ1v) is 10.4. The number of hydrogen-bond donors (Lipinski definition) is 0. The summed E-state index contributed by atoms with van der Waals surface area (Å²) in [6.07, 6.45) is 3.31. The van der Waals surface area contributed by atoms with E-state index in [1.807, 2.05) is 59.2 Å². The molecule has 0 saturated heterocycles. The molecule has 1 aliphatic heterocycles. The second-order valence-corrected chi connectivity index (χ2v) is 7.99. The summed E-state index contributed by atoms with van der Waals surface area (Å²) in [6.45, 7) is 0. The SMILES string of the molecule is CN1C(=O)c2cccc(-n3c4ccccc4c4cc(-c5cnccc5C#N)ccc43)c2C1=O. The van der Waals surface area contributed by atoms with Crippen molar-refractivity contribution in [3.05, 3.63) is 95.8 Å². The lowest BCUT2D eigenvalue weighted by Gasteiger charge is -2.12. The molecule has 0 bridgehead atoms. The van der Waals surface area contributed by atoms with Gasteiger partial charge in [-0.25, -0.2) is 0 Å². The molecule has 0 radical (unpaired) electrons. The Hall–Kier alpha value is -4.76. The number of carbonyl (C=O) groups excluding carboxylic acids is 2. The molecule has 3 aromatic carbocycles. The van der Waals surface area contributed by atoms with E-state index in [1.54, 1.807) is 24.5 Å². The zero-order chi connectivity index (χ0) is 22.7. The third-order valence-electron chi connectivity index (χ3n) is 6.26. The number of nitrogens with zero attached hydrogens (tertiary/aromatic N) is 4. The van der Waals surface area contributed by atoms with Crippen molar-refractivity contribution in [3.8, 4) is 22.9 Å². The lowest BCUT2D eigenvalue weighted by atomic mass is 10.0. The Bertz CT molecular complexity index is 1690. The van der Waals surface area contributed by atoms with Gasteiger partial charge in [-0.05, 0) is 42.0 Å². The smallest absolute Gasteiger partial charge is 0.263 e. The molecule has 0 fully saturated rings. The predicted octanol–water partition coefficient (Wildman–Crippen LogP) is 4.94. The van der Waals surface area contributed by atoms with E-state index in [0.29, 0.717) is 22.4 Å². The zero-order valence-corrected chi connectivity index (χ0v) is 17.6. The van der Waals surface area contributed by atoms with Crippen LogP contribution < -0.4 is 0 Å². The van der Waals surface area contributed by atoms with Crippen LogP contribution in [-0.4, -0.2) is 33.3 Å². The fourth-order valence-electron chi connectivity index (χ4n) is 4.69. The average Bonchev–Trinajstić information content (AvgIpc) is 3.31. The van der Waals surface area contributed by atoms with Gasteiger partial charge in [0.15, 0.2) is 0 Å². The molecule has 1 aliphatic rings. The van der Waals surface area contributed by atoms with Gasteiger partial charge in [0.05, 0.1) is 39.5 Å². The molecule has 6 nitrogen and oxygen atoms in total. The molecular weight excluding hydrogens is 412 g/mol. The monoisotopic (exact) mass is 428 g/mol. The molecule has 0 N–H and O–H groups in total. The van der Waals surface area contributed by atoms with Gasteiger partial charge in [0.1, 0.15) is 0 Å². The van der Waals surface area contributed by atoms with Gasteiger partial charge in [-0.3, -0.25) is 19.5 Å². The molecule has 33 heavy (non-hydrogen) atoms. The molecule has 0 saturated carbocycles. The Morgan fingerprint density at radius 2 is 1.67 bits per heavy atom. The minimum atomic E-state index is -0.304. The summed E-state index contributed by atoms with van der Waals surface area (Å²) in [7, 11) is 1.51. The molecule has 0 unspecified atom stereocenters. The van der Waals surface area contributed by atoms with Crippen molar-refractivity contribution in [2.45, 2.75) is 0 Å². The Kier molecular flexibility index (Phi) is 3.95. The van der Waals surface area contributed by atoms with Gasteiger partial charge in [-0.1, -0.05) is 30.3 Å². The van der Waals surface area contributed by atoms with Gasteiger partial charge in [0.25, 0.3) is 11.8 Å². The summed E-state index contributed by atoms with van der Waals surface area (Å²) < 4.78 is 2.03. The van der Waals surface area contributed by atoms with Crippen molar-refractivity contribution >= 4 is 33.6 Å². The Morgan fingerprint density at radius 1 is 0.848 bits per heavy atom. The summed E-state index contributed by atoms with van der Waals surface area (Å²) in [5, 5.41) is 11.5. The van der Waals surface area contributed by atoms with Gasteiger partial charge in [-0.2, -0.15) is 5.26 Å². The highest BCUT2D eigenvalue weighted by Gasteiger charge is 2.35. The lowest BCUT2D eigenvalue weighted by molar-refractivity contribution is 0.0693. The maximum Gasteiger partial charge on any atom is 0.263 e. The first-order valence-electron chi connectivity index (χ1n) is 10.4. The predicted molar refractivity (Wildman–Crippen MR) is 125 cm³/mol. The molecule has 2 aromatic heterocycles. The molecular formula is C27H16N4O2. The summed E-state index contributed by atoms with van der Waals surface area (Å²) in [6, 6.07) is 23.3. The van der Waals surface area contributed by atoms with Gasteiger partial charge in [0, 0.05) is 35.8 Å². The molecule has 6 rings (SSSR count). The molecule has 6 heteroatoms. The number of hydrogen-bond acceptors (Lipinski definition) is 4. The third-order valence-corrected chi connectivity index (χ3v) is 6.26. The van der Waals surface area contributed by atoms with Crippen LogP contribution in [0.3, 0.4) is 0 Å². The van der Waals surface area contributed by atoms with Crippen LogP contribution in [0.2, 0.25) is 0 Å². The van der Waals surface area contributed by atoms with Crippen LogP contribution in [0.15, 0.2) is 79.1 Å². The van der Waals surface area contributed by atoms with Crippen LogP contribution >= 0.6 is 0 Å².